The minimum absolute atomic E-state index is 0.00979. The van der Waals surface area contributed by atoms with Gasteiger partial charge in [0.25, 0.3) is 0 Å². The number of anilines is 1. The van der Waals surface area contributed by atoms with Gasteiger partial charge >= 0.3 is 6.18 Å². The number of aryl methyl sites for hydroxylation is 1. The highest BCUT2D eigenvalue weighted by molar-refractivity contribution is 5.79. The van der Waals surface area contributed by atoms with E-state index in [4.69, 9.17) is 10.5 Å². The molecule has 0 bridgehead atoms. The van der Waals surface area contributed by atoms with Crippen molar-refractivity contribution in [3.05, 3.63) is 76.4 Å². The van der Waals surface area contributed by atoms with Gasteiger partial charge in [-0.25, -0.2) is 0 Å². The second-order valence-electron chi connectivity index (χ2n) is 8.75. The Labute approximate surface area is 195 Å². The van der Waals surface area contributed by atoms with Crippen molar-refractivity contribution in [1.82, 2.24) is 14.8 Å². The molecule has 1 fully saturated rings. The predicted molar refractivity (Wildman–Crippen MR) is 120 cm³/mol. The summed E-state index contributed by atoms with van der Waals surface area (Å²) in [5.74, 6) is 0.826. The van der Waals surface area contributed by atoms with Crippen LogP contribution in [0.3, 0.4) is 0 Å². The quantitative estimate of drug-likeness (QED) is 0.506. The molecule has 0 radical (unpaired) electrons. The summed E-state index contributed by atoms with van der Waals surface area (Å²) in [6.07, 6.45) is -1.88. The molecular formula is C24H26F3N5O2. The van der Waals surface area contributed by atoms with Crippen LogP contribution in [0.5, 0.6) is 0 Å². The van der Waals surface area contributed by atoms with Crippen LogP contribution in [0.2, 0.25) is 0 Å². The van der Waals surface area contributed by atoms with Gasteiger partial charge in [0.15, 0.2) is 0 Å². The van der Waals surface area contributed by atoms with Crippen molar-refractivity contribution in [2.75, 3.05) is 25.2 Å². The number of halogens is 3. The predicted octanol–water partition coefficient (Wildman–Crippen LogP) is 3.25. The Balaban J connectivity index is 1.66. The number of carbonyl (C=O) groups excluding carboxylic acids is 1. The van der Waals surface area contributed by atoms with Crippen molar-refractivity contribution >= 4 is 12.0 Å². The lowest BCUT2D eigenvalue weighted by molar-refractivity contribution is -0.138. The second-order valence-corrected chi connectivity index (χ2v) is 8.75. The summed E-state index contributed by atoms with van der Waals surface area (Å²) in [5.41, 5.74) is 6.34. The zero-order chi connectivity index (χ0) is 24.5. The first-order valence-corrected chi connectivity index (χ1v) is 10.8. The van der Waals surface area contributed by atoms with Crippen molar-refractivity contribution in [2.24, 2.45) is 12.8 Å². The van der Waals surface area contributed by atoms with Crippen LogP contribution >= 0.6 is 0 Å². The Morgan fingerprint density at radius 3 is 2.59 bits per heavy atom. The zero-order valence-electron chi connectivity index (χ0n) is 19.0. The molecule has 10 heteroatoms. The smallest absolute Gasteiger partial charge is 0.379 e. The highest BCUT2D eigenvalue weighted by Gasteiger charge is 2.42. The van der Waals surface area contributed by atoms with Gasteiger partial charge < -0.3 is 19.9 Å². The van der Waals surface area contributed by atoms with Gasteiger partial charge in [-0.15, -0.1) is 10.2 Å². The van der Waals surface area contributed by atoms with Gasteiger partial charge in [0, 0.05) is 50.3 Å². The molecule has 0 atom stereocenters. The number of rotatable bonds is 8. The van der Waals surface area contributed by atoms with Gasteiger partial charge in [0.1, 0.15) is 18.4 Å². The Morgan fingerprint density at radius 1 is 1.26 bits per heavy atom. The first-order chi connectivity index (χ1) is 16.2. The van der Waals surface area contributed by atoms with Gasteiger partial charge in [0.05, 0.1) is 18.8 Å². The average molecular weight is 473 g/mol. The maximum absolute atomic E-state index is 13.8. The first-order valence-electron chi connectivity index (χ1n) is 10.8. The van der Waals surface area contributed by atoms with Crippen molar-refractivity contribution < 1.29 is 22.7 Å². The van der Waals surface area contributed by atoms with Gasteiger partial charge in [-0.2, -0.15) is 13.2 Å². The minimum atomic E-state index is -4.61. The molecule has 34 heavy (non-hydrogen) atoms. The molecule has 1 saturated heterocycles. The molecule has 7 nitrogen and oxygen atoms in total. The largest absolute Gasteiger partial charge is 0.416 e. The zero-order valence-corrected chi connectivity index (χ0v) is 19.0. The van der Waals surface area contributed by atoms with Crippen molar-refractivity contribution in [3.8, 4) is 0 Å². The molecule has 1 aliphatic rings. The Bertz CT molecular complexity index is 1190. The summed E-state index contributed by atoms with van der Waals surface area (Å²) in [4.78, 5) is 13.4. The van der Waals surface area contributed by atoms with E-state index in [2.05, 4.69) is 10.2 Å². The Kier molecular flexibility index (Phi) is 6.46. The van der Waals surface area contributed by atoms with E-state index in [1.54, 1.807) is 18.3 Å². The third-order valence-corrected chi connectivity index (χ3v) is 6.37. The lowest BCUT2D eigenvalue weighted by atomic mass is 9.75. The van der Waals surface area contributed by atoms with Crippen LogP contribution < -0.4 is 10.6 Å². The third kappa shape index (κ3) is 4.55. The van der Waals surface area contributed by atoms with Crippen molar-refractivity contribution in [2.45, 2.75) is 31.1 Å². The number of carbonyl (C=O) groups is 1. The first kappa shape index (κ1) is 23.9. The highest BCUT2D eigenvalue weighted by Crippen LogP contribution is 2.38. The number of ether oxygens (including phenoxy) is 1. The molecule has 4 rings (SSSR count). The van der Waals surface area contributed by atoms with E-state index in [9.17, 15) is 18.0 Å². The number of alkyl halides is 3. The van der Waals surface area contributed by atoms with E-state index >= 15 is 0 Å². The maximum atomic E-state index is 13.8. The number of hydrogen-bond acceptors (Lipinski definition) is 6. The molecule has 2 heterocycles. The highest BCUT2D eigenvalue weighted by atomic mass is 19.4. The summed E-state index contributed by atoms with van der Waals surface area (Å²) < 4.78 is 48.9. The fourth-order valence-electron chi connectivity index (χ4n) is 4.30. The molecule has 0 spiro atoms. The third-order valence-electron chi connectivity index (χ3n) is 6.37. The van der Waals surface area contributed by atoms with E-state index in [0.29, 0.717) is 25.9 Å². The molecule has 180 valence electrons. The number of aldehydes is 1. The number of benzene rings is 2. The maximum Gasteiger partial charge on any atom is 0.416 e. The molecule has 2 N–H and O–H groups in total. The van der Waals surface area contributed by atoms with E-state index in [-0.39, 0.29) is 35.2 Å². The standard InChI is InChI=1S/C24H26F3N5O2/c1-31(11-20-17(12-33)6-16(10-28)7-21(20)24(25,26)27)19-5-3-4-18(8-19)23(13-34-14-23)9-22-30-29-15-32(22)2/h3-8,12,15H,9-11,13-14,28H2,1-2H3. The van der Waals surface area contributed by atoms with Crippen molar-refractivity contribution in [1.29, 1.82) is 0 Å². The minimum Gasteiger partial charge on any atom is -0.379 e. The molecule has 0 aliphatic carbocycles. The van der Waals surface area contributed by atoms with E-state index < -0.39 is 11.7 Å². The lowest BCUT2D eigenvalue weighted by Gasteiger charge is -2.42. The molecule has 0 saturated carbocycles. The Morgan fingerprint density at radius 2 is 2.03 bits per heavy atom. The molecule has 3 aromatic rings. The van der Waals surface area contributed by atoms with Crippen LogP contribution in [0.1, 0.15) is 38.4 Å². The summed E-state index contributed by atoms with van der Waals surface area (Å²) >= 11 is 0. The van der Waals surface area contributed by atoms with E-state index in [1.807, 2.05) is 35.9 Å². The van der Waals surface area contributed by atoms with Crippen LogP contribution in [-0.4, -0.2) is 41.3 Å². The molecule has 2 aromatic carbocycles. The van der Waals surface area contributed by atoms with Crippen LogP contribution in [0, 0.1) is 0 Å². The van der Waals surface area contributed by atoms with Gasteiger partial charge in [-0.1, -0.05) is 12.1 Å². The molecule has 0 amide bonds. The van der Waals surface area contributed by atoms with Crippen molar-refractivity contribution in [3.63, 3.8) is 0 Å². The number of hydrogen-bond donors (Lipinski definition) is 1. The second kappa shape index (κ2) is 9.19. The fraction of sp³-hybridized carbons (Fsp3) is 0.375. The Hall–Kier alpha value is -3.24. The van der Waals surface area contributed by atoms with Gasteiger partial charge in [-0.05, 0) is 41.0 Å². The monoisotopic (exact) mass is 473 g/mol. The van der Waals surface area contributed by atoms with Crippen LogP contribution in [-0.2, 0) is 42.9 Å². The van der Waals surface area contributed by atoms with Crippen LogP contribution in [0.4, 0.5) is 18.9 Å². The lowest BCUT2D eigenvalue weighted by Crippen LogP contribution is -2.49. The van der Waals surface area contributed by atoms with E-state index in [0.717, 1.165) is 23.1 Å². The number of aromatic nitrogens is 3. The topological polar surface area (TPSA) is 86.3 Å². The van der Waals surface area contributed by atoms with Crippen LogP contribution in [0.25, 0.3) is 0 Å². The van der Waals surface area contributed by atoms with Crippen LogP contribution in [0.15, 0.2) is 42.7 Å². The summed E-state index contributed by atoms with van der Waals surface area (Å²) in [6, 6.07) is 10.1. The van der Waals surface area contributed by atoms with Gasteiger partial charge in [0.2, 0.25) is 0 Å². The fourth-order valence-corrected chi connectivity index (χ4v) is 4.30. The number of nitrogens with zero attached hydrogens (tertiary/aromatic N) is 4. The summed E-state index contributed by atoms with van der Waals surface area (Å²) in [6.45, 7) is 0.851. The summed E-state index contributed by atoms with van der Waals surface area (Å²) in [5, 5.41) is 8.13. The molecule has 1 aliphatic heterocycles. The molecule has 1 aromatic heterocycles. The molecular weight excluding hydrogens is 447 g/mol. The average Bonchev–Trinajstić information content (AvgIpc) is 3.19. The number of nitrogens with two attached hydrogens (primary N) is 1. The van der Waals surface area contributed by atoms with Gasteiger partial charge in [-0.3, -0.25) is 4.79 Å². The summed E-state index contributed by atoms with van der Waals surface area (Å²) in [7, 11) is 3.59. The van der Waals surface area contributed by atoms with E-state index in [1.165, 1.54) is 6.07 Å². The SMILES string of the molecule is CN(Cc1c(C=O)cc(CN)cc1C(F)(F)F)c1cccc(C2(Cc3nncn3C)COC2)c1. The molecule has 0 unspecified atom stereocenters. The normalized spacial score (nSPS) is 15.1.